The van der Waals surface area contributed by atoms with Crippen molar-refractivity contribution in [2.45, 2.75) is 39.8 Å². The summed E-state index contributed by atoms with van der Waals surface area (Å²) < 4.78 is 0. The number of nitrogens with zero attached hydrogens (tertiary/aromatic N) is 1. The highest BCUT2D eigenvalue weighted by atomic mass is 16.1. The summed E-state index contributed by atoms with van der Waals surface area (Å²) in [5.41, 5.74) is 0. The van der Waals surface area contributed by atoms with E-state index in [2.05, 4.69) is 33.0 Å². The van der Waals surface area contributed by atoms with Crippen LogP contribution in [0.3, 0.4) is 0 Å². The minimum Gasteiger partial charge on any atom is -0.351 e. The molecule has 0 heterocycles. The third-order valence-electron chi connectivity index (χ3n) is 0.877. The third-order valence-corrected chi connectivity index (χ3v) is 0.877. The van der Waals surface area contributed by atoms with Crippen LogP contribution >= 0.6 is 0 Å². The van der Waals surface area contributed by atoms with Gasteiger partial charge in [-0.25, -0.2) is 0 Å². The maximum absolute atomic E-state index is 9.43. The average Bonchev–Trinajstić information content (AvgIpc) is 1.85. The Balaban J connectivity index is 0. The van der Waals surface area contributed by atoms with Crippen molar-refractivity contribution in [1.82, 2.24) is 10.2 Å². The molecule has 1 amide bonds. The summed E-state index contributed by atoms with van der Waals surface area (Å²) in [6.45, 7) is 8.61. The molecular weight excluding hydrogens is 152 g/mol. The van der Waals surface area contributed by atoms with Crippen LogP contribution in [0.5, 0.6) is 0 Å². The average molecular weight is 174 g/mol. The van der Waals surface area contributed by atoms with Crippen LogP contribution in [0.4, 0.5) is 0 Å². The molecule has 0 saturated heterocycles. The van der Waals surface area contributed by atoms with Crippen LogP contribution in [0.25, 0.3) is 0 Å². The highest BCUT2D eigenvalue weighted by Gasteiger charge is 1.92. The highest BCUT2D eigenvalue weighted by Crippen LogP contribution is 1.80. The molecule has 0 spiro atoms. The Hall–Kier alpha value is -0.570. The lowest BCUT2D eigenvalue weighted by Gasteiger charge is -2.10. The molecule has 0 unspecified atom stereocenters. The van der Waals surface area contributed by atoms with Gasteiger partial charge < -0.3 is 10.2 Å². The normalized spacial score (nSPS) is 9.33. The predicted molar refractivity (Wildman–Crippen MR) is 53.2 cm³/mol. The summed E-state index contributed by atoms with van der Waals surface area (Å²) in [5, 5.41) is 3.31. The van der Waals surface area contributed by atoms with Gasteiger partial charge in [-0.3, -0.25) is 4.79 Å². The van der Waals surface area contributed by atoms with E-state index in [4.69, 9.17) is 0 Å². The van der Waals surface area contributed by atoms with Crippen molar-refractivity contribution >= 4 is 6.41 Å². The molecule has 0 rings (SSSR count). The molecular formula is C9H22N2O. The molecule has 12 heavy (non-hydrogen) atoms. The monoisotopic (exact) mass is 174 g/mol. The molecule has 74 valence electrons. The molecule has 0 aromatic rings. The lowest BCUT2D eigenvalue weighted by molar-refractivity contribution is -0.115. The Bertz CT molecular complexity index is 94.7. The molecule has 3 heteroatoms. The van der Waals surface area contributed by atoms with Crippen LogP contribution in [0.15, 0.2) is 0 Å². The molecule has 3 nitrogen and oxygen atoms in total. The lowest BCUT2D eigenvalue weighted by atomic mass is 10.3. The maximum atomic E-state index is 9.43. The van der Waals surface area contributed by atoms with Gasteiger partial charge in [0.2, 0.25) is 6.41 Å². The smallest absolute Gasteiger partial charge is 0.209 e. The standard InChI is InChI=1S/C6H15N.C3H7NO/c1-5(2)7-6(3)4;1-4(2)3-5/h5-7H,1-4H3;3H,1-2H3. The van der Waals surface area contributed by atoms with E-state index in [1.165, 1.54) is 4.90 Å². The summed E-state index contributed by atoms with van der Waals surface area (Å²) in [6.07, 6.45) is 0.750. The van der Waals surface area contributed by atoms with Crippen molar-refractivity contribution in [3.63, 3.8) is 0 Å². The zero-order valence-electron chi connectivity index (χ0n) is 9.09. The van der Waals surface area contributed by atoms with E-state index in [0.29, 0.717) is 12.1 Å². The van der Waals surface area contributed by atoms with E-state index in [1.54, 1.807) is 14.1 Å². The molecule has 0 aliphatic rings. The lowest BCUT2D eigenvalue weighted by Crippen LogP contribution is -2.29. The molecule has 0 radical (unpaired) electrons. The number of carbonyl (C=O) groups excluding carboxylic acids is 1. The molecule has 0 aliphatic heterocycles. The van der Waals surface area contributed by atoms with E-state index in [0.717, 1.165) is 6.41 Å². The first-order chi connectivity index (χ1) is 5.40. The molecule has 0 atom stereocenters. The summed E-state index contributed by atoms with van der Waals surface area (Å²) in [4.78, 5) is 10.9. The van der Waals surface area contributed by atoms with Crippen LogP contribution in [0, 0.1) is 0 Å². The Morgan fingerprint density at radius 3 is 1.33 bits per heavy atom. The first kappa shape index (κ1) is 14.0. The maximum Gasteiger partial charge on any atom is 0.209 e. The Labute approximate surface area is 76.1 Å². The summed E-state index contributed by atoms with van der Waals surface area (Å²) in [6, 6.07) is 1.25. The van der Waals surface area contributed by atoms with Crippen molar-refractivity contribution in [2.75, 3.05) is 14.1 Å². The summed E-state index contributed by atoms with van der Waals surface area (Å²) in [7, 11) is 3.38. The summed E-state index contributed by atoms with van der Waals surface area (Å²) in [5.74, 6) is 0. The molecule has 0 aromatic heterocycles. The van der Waals surface area contributed by atoms with Gasteiger partial charge in [-0.05, 0) is 0 Å². The number of hydrogen-bond donors (Lipinski definition) is 1. The Morgan fingerprint density at radius 2 is 1.33 bits per heavy atom. The Kier molecular flexibility index (Phi) is 9.93. The number of hydrogen-bond acceptors (Lipinski definition) is 2. The molecule has 1 N–H and O–H groups in total. The van der Waals surface area contributed by atoms with Crippen LogP contribution in [-0.4, -0.2) is 37.5 Å². The third kappa shape index (κ3) is 22.7. The number of nitrogens with one attached hydrogen (secondary N) is 1. The molecule has 0 fully saturated rings. The van der Waals surface area contributed by atoms with Crippen LogP contribution in [0.2, 0.25) is 0 Å². The fourth-order valence-corrected chi connectivity index (χ4v) is 0.667. The fourth-order valence-electron chi connectivity index (χ4n) is 0.667. The second kappa shape index (κ2) is 8.53. The van der Waals surface area contributed by atoms with E-state index in [-0.39, 0.29) is 0 Å². The van der Waals surface area contributed by atoms with Gasteiger partial charge in [-0.1, -0.05) is 27.7 Å². The fraction of sp³-hybridized carbons (Fsp3) is 0.889. The first-order valence-electron chi connectivity index (χ1n) is 4.28. The van der Waals surface area contributed by atoms with Gasteiger partial charge in [-0.15, -0.1) is 0 Å². The molecule has 0 aromatic carbocycles. The number of rotatable bonds is 3. The van der Waals surface area contributed by atoms with Crippen molar-refractivity contribution in [1.29, 1.82) is 0 Å². The zero-order valence-corrected chi connectivity index (χ0v) is 9.09. The van der Waals surface area contributed by atoms with Gasteiger partial charge in [0.05, 0.1) is 0 Å². The van der Waals surface area contributed by atoms with Gasteiger partial charge in [0.15, 0.2) is 0 Å². The van der Waals surface area contributed by atoms with E-state index >= 15 is 0 Å². The highest BCUT2D eigenvalue weighted by molar-refractivity contribution is 5.45. The molecule has 0 bridgehead atoms. The van der Waals surface area contributed by atoms with Crippen LogP contribution in [-0.2, 0) is 4.79 Å². The van der Waals surface area contributed by atoms with Gasteiger partial charge in [-0.2, -0.15) is 0 Å². The largest absolute Gasteiger partial charge is 0.351 e. The van der Waals surface area contributed by atoms with E-state index < -0.39 is 0 Å². The SMILES string of the molecule is CC(C)NC(C)C.CN(C)C=O. The quantitative estimate of drug-likeness (QED) is 0.650. The van der Waals surface area contributed by atoms with E-state index in [9.17, 15) is 4.79 Å². The second-order valence-electron chi connectivity index (χ2n) is 3.55. The van der Waals surface area contributed by atoms with Crippen molar-refractivity contribution in [3.05, 3.63) is 0 Å². The molecule has 0 aliphatic carbocycles. The van der Waals surface area contributed by atoms with Gasteiger partial charge >= 0.3 is 0 Å². The minimum absolute atomic E-state index is 0.625. The predicted octanol–water partition coefficient (Wildman–Crippen LogP) is 1.10. The number of amides is 1. The van der Waals surface area contributed by atoms with Gasteiger partial charge in [0.25, 0.3) is 0 Å². The van der Waals surface area contributed by atoms with Crippen molar-refractivity contribution < 1.29 is 4.79 Å². The second-order valence-corrected chi connectivity index (χ2v) is 3.55. The summed E-state index contributed by atoms with van der Waals surface area (Å²) >= 11 is 0. The molecule has 0 saturated carbocycles. The zero-order chi connectivity index (χ0) is 10.1. The van der Waals surface area contributed by atoms with Crippen LogP contribution in [0.1, 0.15) is 27.7 Å². The first-order valence-corrected chi connectivity index (χ1v) is 4.28. The van der Waals surface area contributed by atoms with E-state index in [1.807, 2.05) is 0 Å². The van der Waals surface area contributed by atoms with Gasteiger partial charge in [0.1, 0.15) is 0 Å². The number of carbonyl (C=O) groups is 1. The Morgan fingerprint density at radius 1 is 1.08 bits per heavy atom. The topological polar surface area (TPSA) is 32.3 Å². The van der Waals surface area contributed by atoms with Crippen molar-refractivity contribution in [3.8, 4) is 0 Å². The minimum atomic E-state index is 0.625. The van der Waals surface area contributed by atoms with Crippen molar-refractivity contribution in [2.24, 2.45) is 0 Å². The van der Waals surface area contributed by atoms with Gasteiger partial charge in [0, 0.05) is 26.2 Å². The van der Waals surface area contributed by atoms with Crippen LogP contribution < -0.4 is 5.32 Å².